The second-order valence-electron chi connectivity index (χ2n) is 9.08. The smallest absolute Gasteiger partial charge is 0.336 e. The molecule has 0 aromatic heterocycles. The Hall–Kier alpha value is -5.83. The zero-order valence-electron chi connectivity index (χ0n) is 22.0. The highest BCUT2D eigenvalue weighted by atomic mass is 16.5. The number of amidine groups is 1. The third-order valence-electron chi connectivity index (χ3n) is 6.39. The Balaban J connectivity index is 1.50. The van der Waals surface area contributed by atoms with E-state index in [1.54, 1.807) is 72.8 Å². The number of aromatic carboxylic acids is 1. The molecular formula is C32H26N4O5. The van der Waals surface area contributed by atoms with Gasteiger partial charge in [0.05, 0.1) is 18.4 Å². The molecule has 9 nitrogen and oxygen atoms in total. The van der Waals surface area contributed by atoms with Crippen molar-refractivity contribution in [3.63, 3.8) is 0 Å². The number of hydrogen-bond acceptors (Lipinski definition) is 5. The Bertz CT molecular complexity index is 1800. The van der Waals surface area contributed by atoms with Gasteiger partial charge in [-0.25, -0.2) is 9.59 Å². The number of fused-ring (bicyclic) bond motifs is 1. The number of hydrogen-bond donors (Lipinski definition) is 5. The van der Waals surface area contributed by atoms with Crippen molar-refractivity contribution in [2.45, 2.75) is 0 Å². The van der Waals surface area contributed by atoms with E-state index in [1.807, 2.05) is 24.3 Å². The molecule has 9 heteroatoms. The molecule has 5 aromatic carbocycles. The van der Waals surface area contributed by atoms with Crippen molar-refractivity contribution in [2.24, 2.45) is 5.73 Å². The summed E-state index contributed by atoms with van der Waals surface area (Å²) in [5.74, 6) is 0.325. The summed E-state index contributed by atoms with van der Waals surface area (Å²) in [6.07, 6.45) is 0. The average molecular weight is 547 g/mol. The minimum absolute atomic E-state index is 0.0146. The summed E-state index contributed by atoms with van der Waals surface area (Å²) in [6, 6.07) is 29.1. The largest absolute Gasteiger partial charge is 0.495 e. The summed E-state index contributed by atoms with van der Waals surface area (Å²) >= 11 is 0. The normalized spacial score (nSPS) is 10.6. The minimum Gasteiger partial charge on any atom is -0.495 e. The van der Waals surface area contributed by atoms with Crippen molar-refractivity contribution in [2.75, 3.05) is 17.7 Å². The van der Waals surface area contributed by atoms with Crippen LogP contribution in [0.5, 0.6) is 17.2 Å². The Kier molecular flexibility index (Phi) is 7.51. The summed E-state index contributed by atoms with van der Waals surface area (Å²) in [4.78, 5) is 24.9. The van der Waals surface area contributed by atoms with Crippen LogP contribution in [0.15, 0.2) is 103 Å². The van der Waals surface area contributed by atoms with Crippen LogP contribution in [0, 0.1) is 5.41 Å². The van der Waals surface area contributed by atoms with Gasteiger partial charge in [-0.1, -0.05) is 48.5 Å². The number of ether oxygens (including phenoxy) is 2. The number of amides is 2. The molecule has 0 aliphatic carbocycles. The maximum atomic E-state index is 12.8. The van der Waals surface area contributed by atoms with Crippen LogP contribution in [0.3, 0.4) is 0 Å². The Morgan fingerprint density at radius 2 is 1.51 bits per heavy atom. The number of urea groups is 1. The van der Waals surface area contributed by atoms with Gasteiger partial charge < -0.3 is 30.9 Å². The molecule has 0 atom stereocenters. The lowest BCUT2D eigenvalue weighted by molar-refractivity contribution is 0.0697. The number of rotatable bonds is 8. The van der Waals surface area contributed by atoms with Gasteiger partial charge in [-0.05, 0) is 70.9 Å². The summed E-state index contributed by atoms with van der Waals surface area (Å²) in [5, 5.41) is 24.8. The van der Waals surface area contributed by atoms with E-state index in [-0.39, 0.29) is 11.4 Å². The van der Waals surface area contributed by atoms with Crippen molar-refractivity contribution < 1.29 is 24.2 Å². The van der Waals surface area contributed by atoms with Gasteiger partial charge in [0.1, 0.15) is 23.1 Å². The van der Waals surface area contributed by atoms with Crippen LogP contribution >= 0.6 is 0 Å². The van der Waals surface area contributed by atoms with E-state index in [2.05, 4.69) is 10.6 Å². The standard InChI is InChI=1S/C32H26N4O5/c1-40-29-9-5-4-8-27(29)36-32(39)35-22-13-15-28(26(18-22)24-6-2-3-7-25(24)31(37)38)41-23-14-12-19-16-21(30(33)34)11-10-20(19)17-23/h2-18H,1H3,(H3,33,34)(H,37,38)(H2,35,36,39). The number of benzene rings is 5. The molecule has 0 heterocycles. The first-order valence-corrected chi connectivity index (χ1v) is 12.6. The van der Waals surface area contributed by atoms with E-state index in [9.17, 15) is 14.7 Å². The first-order valence-electron chi connectivity index (χ1n) is 12.6. The van der Waals surface area contributed by atoms with Gasteiger partial charge in [0.15, 0.2) is 0 Å². The maximum absolute atomic E-state index is 12.8. The van der Waals surface area contributed by atoms with Crippen LogP contribution in [-0.2, 0) is 0 Å². The zero-order chi connectivity index (χ0) is 28.9. The lowest BCUT2D eigenvalue weighted by Crippen LogP contribution is -2.19. The van der Waals surface area contributed by atoms with Crippen LogP contribution in [0.4, 0.5) is 16.2 Å². The molecule has 0 saturated heterocycles. The molecule has 5 aromatic rings. The number of nitrogen functional groups attached to an aromatic ring is 1. The van der Waals surface area contributed by atoms with Gasteiger partial charge in [-0.3, -0.25) is 5.41 Å². The Morgan fingerprint density at radius 3 is 2.29 bits per heavy atom. The lowest BCUT2D eigenvalue weighted by atomic mass is 9.98. The second-order valence-corrected chi connectivity index (χ2v) is 9.08. The summed E-state index contributed by atoms with van der Waals surface area (Å²) in [7, 11) is 1.52. The van der Waals surface area contributed by atoms with Gasteiger partial charge in [-0.15, -0.1) is 0 Å². The molecule has 0 aliphatic rings. The number of nitrogens with two attached hydrogens (primary N) is 1. The van der Waals surface area contributed by atoms with E-state index < -0.39 is 12.0 Å². The monoisotopic (exact) mass is 546 g/mol. The van der Waals surface area contributed by atoms with E-state index in [1.165, 1.54) is 13.2 Å². The minimum atomic E-state index is -1.09. The molecule has 0 spiro atoms. The Morgan fingerprint density at radius 1 is 0.780 bits per heavy atom. The van der Waals surface area contributed by atoms with Gasteiger partial charge in [0.2, 0.25) is 0 Å². The summed E-state index contributed by atoms with van der Waals surface area (Å²) in [5.41, 5.74) is 8.15. The first kappa shape index (κ1) is 26.8. The SMILES string of the molecule is COc1ccccc1NC(=O)Nc1ccc(Oc2ccc3cc(C(=N)N)ccc3c2)c(-c2ccccc2C(=O)O)c1. The molecule has 6 N–H and O–H groups in total. The second kappa shape index (κ2) is 11.5. The molecule has 0 radical (unpaired) electrons. The van der Waals surface area contributed by atoms with Gasteiger partial charge >= 0.3 is 12.0 Å². The topological polar surface area (TPSA) is 147 Å². The number of para-hydroxylation sites is 2. The number of methoxy groups -OCH3 is 1. The summed E-state index contributed by atoms with van der Waals surface area (Å²) < 4.78 is 11.6. The van der Waals surface area contributed by atoms with E-state index in [0.717, 1.165) is 10.8 Å². The van der Waals surface area contributed by atoms with Crippen LogP contribution in [0.2, 0.25) is 0 Å². The fourth-order valence-corrected chi connectivity index (χ4v) is 4.43. The third kappa shape index (κ3) is 5.94. The highest BCUT2D eigenvalue weighted by Gasteiger charge is 2.17. The number of anilines is 2. The molecule has 0 fully saturated rings. The van der Waals surface area contributed by atoms with Gasteiger partial charge in [0.25, 0.3) is 0 Å². The van der Waals surface area contributed by atoms with Gasteiger partial charge in [0, 0.05) is 16.8 Å². The fourth-order valence-electron chi connectivity index (χ4n) is 4.43. The molecule has 0 aliphatic heterocycles. The van der Waals surface area contributed by atoms with Gasteiger partial charge in [-0.2, -0.15) is 0 Å². The number of carbonyl (C=O) groups is 2. The quantitative estimate of drug-likeness (QED) is 0.105. The molecule has 5 rings (SSSR count). The van der Waals surface area contributed by atoms with Crippen molar-refractivity contribution in [3.8, 4) is 28.4 Å². The van der Waals surface area contributed by atoms with Crippen LogP contribution in [0.25, 0.3) is 21.9 Å². The fraction of sp³-hybridized carbons (Fsp3) is 0.0312. The zero-order valence-corrected chi connectivity index (χ0v) is 22.0. The van der Waals surface area contributed by atoms with Crippen LogP contribution in [0.1, 0.15) is 15.9 Å². The molecule has 204 valence electrons. The van der Waals surface area contributed by atoms with E-state index >= 15 is 0 Å². The summed E-state index contributed by atoms with van der Waals surface area (Å²) in [6.45, 7) is 0. The number of carbonyl (C=O) groups excluding carboxylic acids is 1. The van der Waals surface area contributed by atoms with Crippen molar-refractivity contribution in [3.05, 3.63) is 114 Å². The molecular weight excluding hydrogens is 520 g/mol. The average Bonchev–Trinajstić information content (AvgIpc) is 2.97. The lowest BCUT2D eigenvalue weighted by Gasteiger charge is -2.16. The van der Waals surface area contributed by atoms with Crippen molar-refractivity contribution in [1.29, 1.82) is 5.41 Å². The van der Waals surface area contributed by atoms with Crippen LogP contribution < -0.4 is 25.8 Å². The highest BCUT2D eigenvalue weighted by molar-refractivity contribution is 6.02. The Labute approximate surface area is 235 Å². The number of nitrogens with one attached hydrogen (secondary N) is 3. The van der Waals surface area contributed by atoms with Crippen molar-refractivity contribution >= 4 is 40.0 Å². The molecule has 0 saturated carbocycles. The molecule has 0 bridgehead atoms. The molecule has 0 unspecified atom stereocenters. The third-order valence-corrected chi connectivity index (χ3v) is 6.39. The molecule has 2 amide bonds. The van der Waals surface area contributed by atoms with Crippen molar-refractivity contribution in [1.82, 2.24) is 0 Å². The maximum Gasteiger partial charge on any atom is 0.336 e. The predicted octanol–water partition coefficient (Wildman–Crippen LogP) is 6.93. The number of carboxylic acids is 1. The number of carboxylic acid groups (broad SMARTS) is 1. The van der Waals surface area contributed by atoms with E-state index in [0.29, 0.717) is 45.3 Å². The van der Waals surface area contributed by atoms with Crippen LogP contribution in [-0.4, -0.2) is 30.1 Å². The predicted molar refractivity (Wildman–Crippen MR) is 160 cm³/mol. The highest BCUT2D eigenvalue weighted by Crippen LogP contribution is 2.38. The van der Waals surface area contributed by atoms with E-state index in [4.69, 9.17) is 20.6 Å². The first-order chi connectivity index (χ1) is 19.8. The molecule has 41 heavy (non-hydrogen) atoms.